The Morgan fingerprint density at radius 2 is 1.89 bits per heavy atom. The van der Waals surface area contributed by atoms with Gasteiger partial charge in [-0.05, 0) is 31.5 Å². The van der Waals surface area contributed by atoms with Crippen LogP contribution in [0.15, 0.2) is 30.3 Å². The smallest absolute Gasteiger partial charge is 0.0560 e. The van der Waals surface area contributed by atoms with Crippen LogP contribution < -0.4 is 0 Å². The molecule has 0 aliphatic carbocycles. The topological polar surface area (TPSA) is 12.5 Å². The molecule has 0 radical (unpaired) electrons. The van der Waals surface area contributed by atoms with Crippen LogP contribution >= 0.6 is 11.6 Å². The van der Waals surface area contributed by atoms with Gasteiger partial charge in [0.25, 0.3) is 0 Å². The van der Waals surface area contributed by atoms with Crippen molar-refractivity contribution in [3.63, 3.8) is 0 Å². The Labute approximate surface area is 115 Å². The quantitative estimate of drug-likeness (QED) is 0.761. The number of likely N-dealkylation sites (tertiary alicyclic amines) is 1. The molecule has 1 aliphatic heterocycles. The third kappa shape index (κ3) is 3.05. The van der Waals surface area contributed by atoms with E-state index in [0.717, 1.165) is 45.0 Å². The molecule has 0 spiro atoms. The number of methoxy groups -OCH3 is 1. The third-order valence-corrected chi connectivity index (χ3v) is 4.19. The number of nitrogens with zero attached hydrogens (tertiary/aromatic N) is 1. The fraction of sp³-hybridized carbons (Fsp3) is 0.600. The maximum Gasteiger partial charge on any atom is 0.0560 e. The highest BCUT2D eigenvalue weighted by atomic mass is 35.5. The second-order valence-electron chi connectivity index (χ2n) is 5.11. The zero-order valence-electron chi connectivity index (χ0n) is 11.1. The number of hydrogen-bond acceptors (Lipinski definition) is 2. The average molecular weight is 268 g/mol. The van der Waals surface area contributed by atoms with E-state index in [1.165, 1.54) is 5.56 Å². The van der Waals surface area contributed by atoms with E-state index in [4.69, 9.17) is 16.3 Å². The number of piperidine rings is 1. The van der Waals surface area contributed by atoms with Crippen molar-refractivity contribution in [3.05, 3.63) is 35.9 Å². The van der Waals surface area contributed by atoms with Gasteiger partial charge in [0.05, 0.1) is 6.61 Å². The largest absolute Gasteiger partial charge is 0.384 e. The van der Waals surface area contributed by atoms with Gasteiger partial charge in [0, 0.05) is 24.9 Å². The Bertz CT molecular complexity index is 347. The van der Waals surface area contributed by atoms with E-state index in [9.17, 15) is 0 Å². The number of alkyl halides is 1. The zero-order valence-corrected chi connectivity index (χ0v) is 11.8. The van der Waals surface area contributed by atoms with E-state index in [1.807, 2.05) is 0 Å². The summed E-state index contributed by atoms with van der Waals surface area (Å²) in [5.41, 5.74) is 1.61. The van der Waals surface area contributed by atoms with Gasteiger partial charge in [0.15, 0.2) is 0 Å². The molecular weight excluding hydrogens is 246 g/mol. The molecule has 0 aromatic heterocycles. The van der Waals surface area contributed by atoms with E-state index < -0.39 is 0 Å². The van der Waals surface area contributed by atoms with Gasteiger partial charge in [-0.15, -0.1) is 11.6 Å². The predicted molar refractivity (Wildman–Crippen MR) is 76.4 cm³/mol. The summed E-state index contributed by atoms with van der Waals surface area (Å²) in [6.45, 7) is 4.04. The minimum Gasteiger partial charge on any atom is -0.384 e. The first-order valence-electron chi connectivity index (χ1n) is 6.63. The van der Waals surface area contributed by atoms with Gasteiger partial charge in [-0.3, -0.25) is 0 Å². The van der Waals surface area contributed by atoms with Crippen molar-refractivity contribution in [2.75, 3.05) is 39.2 Å². The van der Waals surface area contributed by atoms with Crippen LogP contribution in [0.5, 0.6) is 0 Å². The predicted octanol–water partition coefficient (Wildman–Crippen LogP) is 2.91. The van der Waals surface area contributed by atoms with Crippen LogP contribution in [-0.4, -0.2) is 44.1 Å². The third-order valence-electron chi connectivity index (χ3n) is 4.02. The van der Waals surface area contributed by atoms with Gasteiger partial charge in [-0.25, -0.2) is 0 Å². The summed E-state index contributed by atoms with van der Waals surface area (Å²) in [5, 5.41) is 0. The zero-order chi connectivity index (χ0) is 12.8. The second-order valence-corrected chi connectivity index (χ2v) is 5.49. The van der Waals surface area contributed by atoms with Crippen molar-refractivity contribution < 1.29 is 4.74 Å². The van der Waals surface area contributed by atoms with Gasteiger partial charge in [-0.2, -0.15) is 0 Å². The van der Waals surface area contributed by atoms with Crippen LogP contribution in [0.4, 0.5) is 0 Å². The first-order chi connectivity index (χ1) is 8.80. The summed E-state index contributed by atoms with van der Waals surface area (Å²) in [7, 11) is 1.80. The fourth-order valence-corrected chi connectivity index (χ4v) is 3.15. The molecule has 0 N–H and O–H groups in total. The molecule has 1 saturated heterocycles. The van der Waals surface area contributed by atoms with Crippen LogP contribution in [0.1, 0.15) is 18.4 Å². The van der Waals surface area contributed by atoms with E-state index in [-0.39, 0.29) is 5.41 Å². The first-order valence-corrected chi connectivity index (χ1v) is 7.17. The van der Waals surface area contributed by atoms with E-state index in [0.29, 0.717) is 0 Å². The Morgan fingerprint density at radius 1 is 1.22 bits per heavy atom. The molecule has 0 atom stereocenters. The minimum atomic E-state index is 0.193. The molecule has 1 aromatic carbocycles. The van der Waals surface area contributed by atoms with Gasteiger partial charge < -0.3 is 9.64 Å². The van der Waals surface area contributed by atoms with Crippen molar-refractivity contribution in [1.82, 2.24) is 4.90 Å². The summed E-state index contributed by atoms with van der Waals surface area (Å²) in [6.07, 6.45) is 2.31. The molecule has 0 amide bonds. The molecule has 1 aromatic rings. The van der Waals surface area contributed by atoms with Crippen molar-refractivity contribution in [3.8, 4) is 0 Å². The molecule has 0 unspecified atom stereocenters. The maximum absolute atomic E-state index is 5.82. The summed E-state index contributed by atoms with van der Waals surface area (Å²) in [5.74, 6) is 0.725. The molecule has 3 heteroatoms. The van der Waals surface area contributed by atoms with Gasteiger partial charge >= 0.3 is 0 Å². The lowest BCUT2D eigenvalue weighted by atomic mass is 9.73. The lowest BCUT2D eigenvalue weighted by molar-refractivity contribution is 0.0748. The van der Waals surface area contributed by atoms with Crippen molar-refractivity contribution in [2.24, 2.45) is 0 Å². The van der Waals surface area contributed by atoms with Crippen LogP contribution in [0.2, 0.25) is 0 Å². The van der Waals surface area contributed by atoms with Gasteiger partial charge in [-0.1, -0.05) is 30.3 Å². The van der Waals surface area contributed by atoms with Crippen LogP contribution in [-0.2, 0) is 10.2 Å². The summed E-state index contributed by atoms with van der Waals surface area (Å²) >= 11 is 5.82. The van der Waals surface area contributed by atoms with E-state index >= 15 is 0 Å². The Kier molecular flexibility index (Phi) is 5.04. The van der Waals surface area contributed by atoms with Gasteiger partial charge in [0.1, 0.15) is 0 Å². The molecule has 1 fully saturated rings. The molecule has 18 heavy (non-hydrogen) atoms. The molecule has 2 nitrogen and oxygen atoms in total. The van der Waals surface area contributed by atoms with Crippen LogP contribution in [0, 0.1) is 0 Å². The van der Waals surface area contributed by atoms with Crippen LogP contribution in [0.25, 0.3) is 0 Å². The maximum atomic E-state index is 5.82. The highest BCUT2D eigenvalue weighted by Crippen LogP contribution is 2.35. The highest BCUT2D eigenvalue weighted by molar-refractivity contribution is 6.18. The lowest BCUT2D eigenvalue weighted by Crippen LogP contribution is -2.45. The van der Waals surface area contributed by atoms with Crippen molar-refractivity contribution in [2.45, 2.75) is 18.3 Å². The first kappa shape index (κ1) is 13.9. The van der Waals surface area contributed by atoms with Crippen molar-refractivity contribution >= 4 is 11.6 Å². The molecule has 0 bridgehead atoms. The number of halogens is 1. The molecular formula is C15H22ClNO. The number of ether oxygens (including phenoxy) is 1. The number of rotatable bonds is 5. The summed E-state index contributed by atoms with van der Waals surface area (Å²) in [6, 6.07) is 10.8. The summed E-state index contributed by atoms with van der Waals surface area (Å²) < 4.78 is 5.49. The van der Waals surface area contributed by atoms with Gasteiger partial charge in [0.2, 0.25) is 0 Å². The number of benzene rings is 1. The van der Waals surface area contributed by atoms with Crippen molar-refractivity contribution in [1.29, 1.82) is 0 Å². The molecule has 2 rings (SSSR count). The summed E-state index contributed by atoms with van der Waals surface area (Å²) in [4.78, 5) is 2.45. The SMILES string of the molecule is COCC1(c2ccccc2)CCN(CCCl)CC1. The molecule has 0 saturated carbocycles. The van der Waals surface area contributed by atoms with Crippen LogP contribution in [0.3, 0.4) is 0 Å². The minimum absolute atomic E-state index is 0.193. The molecule has 100 valence electrons. The highest BCUT2D eigenvalue weighted by Gasteiger charge is 2.35. The molecule has 1 heterocycles. The normalized spacial score (nSPS) is 19.9. The van der Waals surface area contributed by atoms with E-state index in [2.05, 4.69) is 35.2 Å². The number of hydrogen-bond donors (Lipinski definition) is 0. The standard InChI is InChI=1S/C15H22ClNO/c1-18-13-15(14-5-3-2-4-6-14)7-10-17(11-8-15)12-9-16/h2-6H,7-13H2,1H3. The monoisotopic (exact) mass is 267 g/mol. The second kappa shape index (κ2) is 6.55. The average Bonchev–Trinajstić information content (AvgIpc) is 2.43. The fourth-order valence-electron chi connectivity index (χ4n) is 2.91. The lowest BCUT2D eigenvalue weighted by Gasteiger charge is -2.41. The Balaban J connectivity index is 2.10. The Hall–Kier alpha value is -0.570. The van der Waals surface area contributed by atoms with E-state index in [1.54, 1.807) is 7.11 Å². The Morgan fingerprint density at radius 3 is 2.44 bits per heavy atom. The molecule has 1 aliphatic rings.